The highest BCUT2D eigenvalue weighted by atomic mass is 31.2. The molecule has 196 valence electrons. The lowest BCUT2D eigenvalue weighted by molar-refractivity contribution is -0.105. The summed E-state index contributed by atoms with van der Waals surface area (Å²) >= 11 is 0. The van der Waals surface area contributed by atoms with Gasteiger partial charge in [-0.1, -0.05) is 47.6 Å². The van der Waals surface area contributed by atoms with E-state index in [1.54, 1.807) is 0 Å². The van der Waals surface area contributed by atoms with Gasteiger partial charge in [-0.05, 0) is 116 Å². The molecule has 0 aromatic rings. The lowest BCUT2D eigenvalue weighted by atomic mass is 9.45. The smallest absolute Gasteiger partial charge is 0.351 e. The summed E-state index contributed by atoms with van der Waals surface area (Å²) in [6.07, 6.45) is 11.5. The Morgan fingerprint density at radius 1 is 1.03 bits per heavy atom. The van der Waals surface area contributed by atoms with E-state index >= 15 is 0 Å². The van der Waals surface area contributed by atoms with Gasteiger partial charge < -0.3 is 14.2 Å². The summed E-state index contributed by atoms with van der Waals surface area (Å²) in [5.41, 5.74) is 0.766. The van der Waals surface area contributed by atoms with E-state index in [0.29, 0.717) is 41.0 Å². The molecule has 0 aromatic heterocycles. The quantitative estimate of drug-likeness (QED) is 0.299. The lowest BCUT2D eigenvalue weighted by Gasteiger charge is -2.60. The molecule has 0 spiro atoms. The molecule has 0 bridgehead atoms. The van der Waals surface area contributed by atoms with Crippen LogP contribution in [-0.2, 0) is 8.99 Å². The third-order valence-corrected chi connectivity index (χ3v) is 13.0. The largest absolute Gasteiger partial charge is 0.417 e. The zero-order valence-electron chi connectivity index (χ0n) is 23.0. The topological polar surface area (TPSA) is 66.8 Å². The molecule has 9 atom stereocenters. The highest BCUT2D eigenvalue weighted by Gasteiger charge is 2.61. The summed E-state index contributed by atoms with van der Waals surface area (Å²) in [6.45, 7) is 19.3. The van der Waals surface area contributed by atoms with Crippen molar-refractivity contribution in [3.05, 3.63) is 11.4 Å². The Balaban J connectivity index is 1.57. The van der Waals surface area contributed by atoms with Crippen LogP contribution in [0.3, 0.4) is 0 Å². The van der Waals surface area contributed by atoms with E-state index in [1.807, 2.05) is 6.08 Å². The van der Waals surface area contributed by atoms with Gasteiger partial charge >= 0.3 is 7.60 Å². The summed E-state index contributed by atoms with van der Waals surface area (Å²) in [5, 5.41) is 0.408. The van der Waals surface area contributed by atoms with E-state index in [2.05, 4.69) is 54.6 Å². The Morgan fingerprint density at radius 3 is 2.26 bits per heavy atom. The zero-order valence-corrected chi connectivity index (χ0v) is 25.1. The molecule has 0 amide bonds. The maximum Gasteiger partial charge on any atom is 0.351 e. The highest BCUT2D eigenvalue weighted by molar-refractivity contribution is 7.56. The molecule has 4 aliphatic carbocycles. The molecular formula is C28H51O4PSi. The molecule has 6 heteroatoms. The Kier molecular flexibility index (Phi) is 7.27. The Labute approximate surface area is 210 Å². The average Bonchev–Trinajstić information content (AvgIpc) is 3.06. The van der Waals surface area contributed by atoms with E-state index < -0.39 is 16.6 Å². The third kappa shape index (κ3) is 4.60. The van der Waals surface area contributed by atoms with Crippen LogP contribution in [0.2, 0.25) is 13.1 Å². The minimum absolute atomic E-state index is 0.166. The van der Waals surface area contributed by atoms with Gasteiger partial charge in [0.1, 0.15) is 0 Å². The minimum Gasteiger partial charge on any atom is -0.417 e. The van der Waals surface area contributed by atoms with Crippen molar-refractivity contribution in [2.24, 2.45) is 51.8 Å². The SMILES string of the molecule is CC(C(O[SiH](C)C)C(C)(C)C)[C@H]1CC[C@H]2[C@@H]3CC[C@H]4C=C(P(=O)(O)O)CC[C@]4(C)[C@H]3CC[C@]12C. The van der Waals surface area contributed by atoms with Crippen molar-refractivity contribution in [1.82, 2.24) is 0 Å². The molecule has 2 N–H and O–H groups in total. The molecule has 3 fully saturated rings. The summed E-state index contributed by atoms with van der Waals surface area (Å²) in [7, 11) is -5.22. The summed E-state index contributed by atoms with van der Waals surface area (Å²) in [5.74, 6) is 3.91. The molecule has 2 unspecified atom stereocenters. The van der Waals surface area contributed by atoms with Crippen LogP contribution in [0.5, 0.6) is 0 Å². The molecule has 0 aliphatic heterocycles. The second-order valence-corrected chi connectivity index (χ2v) is 18.4. The Bertz CT molecular complexity index is 844. The van der Waals surface area contributed by atoms with Gasteiger partial charge in [-0.25, -0.2) is 0 Å². The first-order chi connectivity index (χ1) is 15.6. The number of hydrogen-bond acceptors (Lipinski definition) is 2. The summed E-state index contributed by atoms with van der Waals surface area (Å²) in [4.78, 5) is 19.6. The van der Waals surface area contributed by atoms with Crippen molar-refractivity contribution in [3.63, 3.8) is 0 Å². The molecule has 34 heavy (non-hydrogen) atoms. The second kappa shape index (κ2) is 9.12. The molecule has 3 saturated carbocycles. The average molecular weight is 511 g/mol. The zero-order chi connectivity index (χ0) is 25.3. The fourth-order valence-corrected chi connectivity index (χ4v) is 11.6. The predicted molar refractivity (Wildman–Crippen MR) is 143 cm³/mol. The van der Waals surface area contributed by atoms with Gasteiger partial charge in [-0.15, -0.1) is 0 Å². The van der Waals surface area contributed by atoms with Gasteiger partial charge in [0.05, 0.1) is 6.10 Å². The van der Waals surface area contributed by atoms with Crippen molar-refractivity contribution in [1.29, 1.82) is 0 Å². The number of rotatable bonds is 5. The van der Waals surface area contributed by atoms with Crippen LogP contribution in [0.25, 0.3) is 0 Å². The van der Waals surface area contributed by atoms with Crippen LogP contribution in [-0.4, -0.2) is 24.9 Å². The summed E-state index contributed by atoms with van der Waals surface area (Å²) < 4.78 is 18.7. The molecule has 0 aromatic carbocycles. The van der Waals surface area contributed by atoms with Gasteiger partial charge in [0.2, 0.25) is 0 Å². The Hall–Kier alpha value is 0.0669. The minimum atomic E-state index is -4.10. The maximum absolute atomic E-state index is 12.0. The van der Waals surface area contributed by atoms with Crippen molar-refractivity contribution < 1.29 is 18.8 Å². The Morgan fingerprint density at radius 2 is 1.68 bits per heavy atom. The van der Waals surface area contributed by atoms with Crippen molar-refractivity contribution in [2.45, 2.75) is 112 Å². The number of fused-ring (bicyclic) bond motifs is 5. The van der Waals surface area contributed by atoms with E-state index in [-0.39, 0.29) is 10.8 Å². The van der Waals surface area contributed by atoms with Crippen molar-refractivity contribution in [2.75, 3.05) is 0 Å². The second-order valence-electron chi connectivity index (χ2n) is 14.3. The standard InChI is InChI=1S/C28H51O4PSi/c1-18(25(26(2,3)4)32-34(7)8)22-11-12-23-21-10-9-19-17-20(33(29,30)31)13-15-27(19,5)24(21)14-16-28(22,23)6/h17-19,21-25,34H,9-16H2,1-8H3,(H2,29,30,31)/t18?,19-,21-,22+,23-,24-,25?,27-,28+/m0/s1. The van der Waals surface area contributed by atoms with Crippen LogP contribution in [0.4, 0.5) is 0 Å². The van der Waals surface area contributed by atoms with Crippen LogP contribution < -0.4 is 0 Å². The highest BCUT2D eigenvalue weighted by Crippen LogP contribution is 2.69. The maximum atomic E-state index is 12.0. The van der Waals surface area contributed by atoms with Gasteiger partial charge in [-0.3, -0.25) is 4.57 Å². The monoisotopic (exact) mass is 510 g/mol. The van der Waals surface area contributed by atoms with Crippen molar-refractivity contribution >= 4 is 16.6 Å². The van der Waals surface area contributed by atoms with Crippen molar-refractivity contribution in [3.8, 4) is 0 Å². The third-order valence-electron chi connectivity index (χ3n) is 11.1. The molecular weight excluding hydrogens is 459 g/mol. The summed E-state index contributed by atoms with van der Waals surface area (Å²) in [6, 6.07) is 0. The van der Waals surface area contributed by atoms with Gasteiger partial charge in [0, 0.05) is 5.31 Å². The lowest BCUT2D eigenvalue weighted by Crippen LogP contribution is -2.53. The first kappa shape index (κ1) is 27.1. The van der Waals surface area contributed by atoms with Gasteiger partial charge in [0.15, 0.2) is 9.04 Å². The molecule has 0 heterocycles. The van der Waals surface area contributed by atoms with E-state index in [1.165, 1.54) is 32.1 Å². The number of allylic oxidation sites excluding steroid dienone is 2. The fourth-order valence-electron chi connectivity index (χ4n) is 9.61. The van der Waals surface area contributed by atoms with E-state index in [4.69, 9.17) is 4.43 Å². The van der Waals surface area contributed by atoms with Crippen LogP contribution in [0, 0.1) is 51.8 Å². The van der Waals surface area contributed by atoms with Crippen LogP contribution in [0.1, 0.15) is 92.9 Å². The van der Waals surface area contributed by atoms with E-state index in [9.17, 15) is 14.4 Å². The molecule has 0 radical (unpaired) electrons. The van der Waals surface area contributed by atoms with Gasteiger partial charge in [-0.2, -0.15) is 0 Å². The first-order valence-electron chi connectivity index (χ1n) is 14.0. The predicted octanol–water partition coefficient (Wildman–Crippen LogP) is 7.37. The molecule has 4 nitrogen and oxygen atoms in total. The first-order valence-corrected chi connectivity index (χ1v) is 18.4. The normalized spacial score (nSPS) is 42.4. The molecule has 4 aliphatic rings. The fraction of sp³-hybridized carbons (Fsp3) is 0.929. The van der Waals surface area contributed by atoms with Gasteiger partial charge in [0.25, 0.3) is 0 Å². The van der Waals surface area contributed by atoms with Crippen LogP contribution in [0.15, 0.2) is 11.4 Å². The van der Waals surface area contributed by atoms with Crippen LogP contribution >= 0.6 is 7.60 Å². The molecule has 4 rings (SSSR count). The molecule has 0 saturated heterocycles. The van der Waals surface area contributed by atoms with E-state index in [0.717, 1.165) is 30.6 Å². The number of hydrogen-bond donors (Lipinski definition) is 2.